The van der Waals surface area contributed by atoms with Crippen LogP contribution in [0.5, 0.6) is 0 Å². The van der Waals surface area contributed by atoms with Gasteiger partial charge < -0.3 is 4.42 Å². The van der Waals surface area contributed by atoms with E-state index in [2.05, 4.69) is 34.3 Å². The lowest BCUT2D eigenvalue weighted by atomic mass is 10.1. The highest BCUT2D eigenvalue weighted by Gasteiger charge is 2.20. The minimum atomic E-state index is -0.137. The van der Waals surface area contributed by atoms with Gasteiger partial charge in [-0.1, -0.05) is 11.6 Å². The number of benzene rings is 1. The van der Waals surface area contributed by atoms with Crippen LogP contribution < -0.4 is 11.3 Å². The zero-order valence-corrected chi connectivity index (χ0v) is 12.7. The summed E-state index contributed by atoms with van der Waals surface area (Å²) in [6, 6.07) is 10.1. The summed E-state index contributed by atoms with van der Waals surface area (Å²) < 4.78 is 6.94. The lowest BCUT2D eigenvalue weighted by Crippen LogP contribution is -2.28. The van der Waals surface area contributed by atoms with Crippen molar-refractivity contribution >= 4 is 38.2 Å². The fourth-order valence-electron chi connectivity index (χ4n) is 2.12. The van der Waals surface area contributed by atoms with Crippen LogP contribution in [0.2, 0.25) is 0 Å². The Balaban J connectivity index is 2.09. The molecule has 1 atom stereocenters. The first-order valence-electron chi connectivity index (χ1n) is 5.88. The summed E-state index contributed by atoms with van der Waals surface area (Å²) in [6.45, 7) is 2.07. The molecule has 3 nitrogen and oxygen atoms in total. The summed E-state index contributed by atoms with van der Waals surface area (Å²) in [7, 11) is 0. The Labute approximate surface area is 123 Å². The molecule has 2 aromatic heterocycles. The van der Waals surface area contributed by atoms with Gasteiger partial charge in [-0.05, 0) is 52.5 Å². The average Bonchev–Trinajstić information content (AvgIpc) is 2.97. The lowest BCUT2D eigenvalue weighted by Gasteiger charge is -2.11. The van der Waals surface area contributed by atoms with Gasteiger partial charge in [0.25, 0.3) is 0 Å². The highest BCUT2D eigenvalue weighted by atomic mass is 79.9. The molecule has 3 N–H and O–H groups in total. The number of hydrogen-bond donors (Lipinski definition) is 2. The Morgan fingerprint density at radius 3 is 2.84 bits per heavy atom. The van der Waals surface area contributed by atoms with Gasteiger partial charge in [-0.15, -0.1) is 11.3 Å². The maximum absolute atomic E-state index is 5.90. The van der Waals surface area contributed by atoms with Crippen LogP contribution in [0.4, 0.5) is 0 Å². The van der Waals surface area contributed by atoms with Crippen LogP contribution in [0, 0.1) is 6.92 Å². The Bertz CT molecular complexity index is 719. The average molecular weight is 337 g/mol. The number of hydrogen-bond acceptors (Lipinski definition) is 4. The van der Waals surface area contributed by atoms with Gasteiger partial charge in [0, 0.05) is 14.7 Å². The van der Waals surface area contributed by atoms with Crippen LogP contribution in [0.1, 0.15) is 22.2 Å². The topological polar surface area (TPSA) is 51.2 Å². The Hall–Kier alpha value is -1.14. The van der Waals surface area contributed by atoms with Gasteiger partial charge in [0.2, 0.25) is 0 Å². The second kappa shape index (κ2) is 5.09. The molecule has 0 saturated heterocycles. The summed E-state index contributed by atoms with van der Waals surface area (Å²) in [5.41, 5.74) is 4.92. The zero-order chi connectivity index (χ0) is 13.4. The molecule has 0 radical (unpaired) electrons. The number of nitrogens with one attached hydrogen (secondary N) is 1. The number of furan rings is 1. The fraction of sp³-hybridized carbons (Fsp3) is 0.143. The van der Waals surface area contributed by atoms with Crippen LogP contribution in [-0.2, 0) is 0 Å². The van der Waals surface area contributed by atoms with Crippen LogP contribution >= 0.6 is 27.3 Å². The number of hydrazine groups is 1. The predicted octanol–water partition coefficient (Wildman–Crippen LogP) is 4.12. The first-order chi connectivity index (χ1) is 9.19. The Morgan fingerprint density at radius 1 is 1.32 bits per heavy atom. The molecule has 98 valence electrons. The smallest absolute Gasteiger partial charge is 0.134 e. The van der Waals surface area contributed by atoms with Crippen molar-refractivity contribution in [1.82, 2.24) is 5.43 Å². The summed E-state index contributed by atoms with van der Waals surface area (Å²) in [5, 5.41) is 3.12. The minimum absolute atomic E-state index is 0.137. The van der Waals surface area contributed by atoms with Crippen molar-refractivity contribution in [3.05, 3.63) is 56.4 Å². The van der Waals surface area contributed by atoms with Crippen molar-refractivity contribution in [2.75, 3.05) is 0 Å². The quantitative estimate of drug-likeness (QED) is 0.558. The van der Waals surface area contributed by atoms with E-state index in [4.69, 9.17) is 10.3 Å². The van der Waals surface area contributed by atoms with Crippen molar-refractivity contribution in [1.29, 1.82) is 0 Å². The lowest BCUT2D eigenvalue weighted by molar-refractivity contribution is 0.480. The van der Waals surface area contributed by atoms with Crippen molar-refractivity contribution in [2.24, 2.45) is 5.84 Å². The molecule has 3 rings (SSSR count). The molecule has 0 spiro atoms. The SMILES string of the molecule is Cc1ccc2oc(C(NN)c3sccc3Br)cc2c1. The first-order valence-corrected chi connectivity index (χ1v) is 7.55. The van der Waals surface area contributed by atoms with Crippen LogP contribution in [0.15, 0.2) is 44.6 Å². The fourth-order valence-corrected chi connectivity index (χ4v) is 3.79. The van der Waals surface area contributed by atoms with Crippen LogP contribution in [0.25, 0.3) is 11.0 Å². The van der Waals surface area contributed by atoms with E-state index in [1.165, 1.54) is 5.56 Å². The number of fused-ring (bicyclic) bond motifs is 1. The summed E-state index contributed by atoms with van der Waals surface area (Å²) in [4.78, 5) is 1.11. The monoisotopic (exact) mass is 336 g/mol. The van der Waals surface area contributed by atoms with Gasteiger partial charge in [0.15, 0.2) is 0 Å². The van der Waals surface area contributed by atoms with E-state index in [0.717, 1.165) is 26.1 Å². The number of rotatable bonds is 3. The predicted molar refractivity (Wildman–Crippen MR) is 82.1 cm³/mol. The zero-order valence-electron chi connectivity index (χ0n) is 10.3. The molecule has 0 saturated carbocycles. The maximum Gasteiger partial charge on any atom is 0.134 e. The molecule has 0 fully saturated rings. The molecule has 0 aliphatic heterocycles. The van der Waals surface area contributed by atoms with E-state index in [1.807, 2.05) is 29.6 Å². The van der Waals surface area contributed by atoms with E-state index < -0.39 is 0 Å². The number of nitrogens with two attached hydrogens (primary N) is 1. The van der Waals surface area contributed by atoms with Gasteiger partial charge in [0.1, 0.15) is 17.4 Å². The molecule has 0 aliphatic rings. The highest BCUT2D eigenvalue weighted by Crippen LogP contribution is 2.35. The van der Waals surface area contributed by atoms with Crippen molar-refractivity contribution in [3.63, 3.8) is 0 Å². The van der Waals surface area contributed by atoms with E-state index in [-0.39, 0.29) is 6.04 Å². The molecular formula is C14H13BrN2OS. The van der Waals surface area contributed by atoms with Crippen LogP contribution in [-0.4, -0.2) is 0 Å². The van der Waals surface area contributed by atoms with E-state index in [1.54, 1.807) is 11.3 Å². The van der Waals surface area contributed by atoms with Gasteiger partial charge >= 0.3 is 0 Å². The molecule has 1 unspecified atom stereocenters. The standard InChI is InChI=1S/C14H13BrN2OS/c1-8-2-3-11-9(6-8)7-12(18-11)13(17-16)14-10(15)4-5-19-14/h2-7,13,17H,16H2,1H3. The molecule has 2 heterocycles. The van der Waals surface area contributed by atoms with Gasteiger partial charge in [-0.2, -0.15) is 0 Å². The maximum atomic E-state index is 5.90. The molecule has 0 bridgehead atoms. The number of halogens is 1. The van der Waals surface area contributed by atoms with Crippen LogP contribution in [0.3, 0.4) is 0 Å². The molecule has 19 heavy (non-hydrogen) atoms. The van der Waals surface area contributed by atoms with E-state index >= 15 is 0 Å². The second-order valence-electron chi connectivity index (χ2n) is 4.42. The number of thiophene rings is 1. The van der Waals surface area contributed by atoms with Crippen molar-refractivity contribution < 1.29 is 4.42 Å². The van der Waals surface area contributed by atoms with Crippen molar-refractivity contribution in [3.8, 4) is 0 Å². The second-order valence-corrected chi connectivity index (χ2v) is 6.22. The minimum Gasteiger partial charge on any atom is -0.459 e. The molecule has 1 aromatic carbocycles. The van der Waals surface area contributed by atoms with Gasteiger partial charge in [0.05, 0.1) is 0 Å². The third-order valence-electron chi connectivity index (χ3n) is 3.05. The van der Waals surface area contributed by atoms with E-state index in [0.29, 0.717) is 0 Å². The summed E-state index contributed by atoms with van der Waals surface area (Å²) in [6.07, 6.45) is 0. The summed E-state index contributed by atoms with van der Waals surface area (Å²) in [5.74, 6) is 6.52. The largest absolute Gasteiger partial charge is 0.459 e. The number of aryl methyl sites for hydroxylation is 1. The molecule has 5 heteroatoms. The third kappa shape index (κ3) is 2.34. The van der Waals surface area contributed by atoms with E-state index in [9.17, 15) is 0 Å². The highest BCUT2D eigenvalue weighted by molar-refractivity contribution is 9.10. The molecule has 3 aromatic rings. The van der Waals surface area contributed by atoms with Gasteiger partial charge in [-0.3, -0.25) is 5.84 Å². The molecular weight excluding hydrogens is 324 g/mol. The Morgan fingerprint density at radius 2 is 2.16 bits per heavy atom. The first kappa shape index (κ1) is 12.9. The summed E-state index contributed by atoms with van der Waals surface area (Å²) >= 11 is 5.17. The van der Waals surface area contributed by atoms with Gasteiger partial charge in [-0.25, -0.2) is 5.43 Å². The third-order valence-corrected chi connectivity index (χ3v) is 4.98. The normalized spacial score (nSPS) is 13.0. The van der Waals surface area contributed by atoms with Crippen molar-refractivity contribution in [2.45, 2.75) is 13.0 Å². The molecule has 0 amide bonds. The Kier molecular flexibility index (Phi) is 3.45. The molecule has 0 aliphatic carbocycles.